The molecule has 0 aromatic carbocycles. The molecule has 2 rings (SSSR count). The number of carboxylic acid groups (broad SMARTS) is 1. The van der Waals surface area contributed by atoms with Crippen molar-refractivity contribution in [1.82, 2.24) is 9.36 Å². The number of piperidine rings is 1. The van der Waals surface area contributed by atoms with Crippen molar-refractivity contribution in [2.24, 2.45) is 5.92 Å². The van der Waals surface area contributed by atoms with Crippen LogP contribution < -0.4 is 4.90 Å². The fourth-order valence-corrected chi connectivity index (χ4v) is 2.77. The average Bonchev–Trinajstić information content (AvgIpc) is 2.78. The van der Waals surface area contributed by atoms with Crippen molar-refractivity contribution in [2.45, 2.75) is 25.4 Å². The predicted octanol–water partition coefficient (Wildman–Crippen LogP) is 2.25. The first-order valence-corrected chi connectivity index (χ1v) is 6.51. The van der Waals surface area contributed by atoms with Gasteiger partial charge in [-0.1, -0.05) is 0 Å². The van der Waals surface area contributed by atoms with Crippen LogP contribution in [0.4, 0.5) is 18.3 Å². The molecule has 0 saturated carbocycles. The molecule has 19 heavy (non-hydrogen) atoms. The maximum absolute atomic E-state index is 12.4. The smallest absolute Gasteiger partial charge is 0.452 e. The van der Waals surface area contributed by atoms with E-state index in [4.69, 9.17) is 5.11 Å². The molecule has 0 radical (unpaired) electrons. The largest absolute Gasteiger partial charge is 0.481 e. The normalized spacial score (nSPS) is 17.7. The first-order valence-electron chi connectivity index (χ1n) is 5.74. The highest BCUT2D eigenvalue weighted by Gasteiger charge is 2.37. The van der Waals surface area contributed by atoms with E-state index >= 15 is 0 Å². The van der Waals surface area contributed by atoms with Crippen LogP contribution in [-0.4, -0.2) is 33.5 Å². The van der Waals surface area contributed by atoms with E-state index in [9.17, 15) is 18.0 Å². The standard InChI is InChI=1S/C10H12F3N3O2S/c11-10(12,13)8-14-9(19-15-8)16-3-1-6(2-4-16)5-7(17)18/h6H,1-5H2,(H,17,18). The van der Waals surface area contributed by atoms with E-state index in [-0.39, 0.29) is 17.5 Å². The number of hydrogen-bond acceptors (Lipinski definition) is 5. The summed E-state index contributed by atoms with van der Waals surface area (Å²) >= 11 is 0.727. The van der Waals surface area contributed by atoms with Crippen LogP contribution in [-0.2, 0) is 11.0 Å². The molecule has 0 bridgehead atoms. The van der Waals surface area contributed by atoms with Crippen molar-refractivity contribution in [3.8, 4) is 0 Å². The number of carbonyl (C=O) groups is 1. The molecule has 1 aromatic rings. The van der Waals surface area contributed by atoms with Crippen LogP contribution in [0.5, 0.6) is 0 Å². The Morgan fingerprint density at radius 3 is 2.53 bits per heavy atom. The van der Waals surface area contributed by atoms with E-state index in [0.29, 0.717) is 25.9 Å². The Hall–Kier alpha value is -1.38. The SMILES string of the molecule is O=C(O)CC1CCN(c2nc(C(F)(F)F)ns2)CC1. The Labute approximate surface area is 111 Å². The molecular weight excluding hydrogens is 283 g/mol. The molecule has 1 aromatic heterocycles. The molecule has 1 N–H and O–H groups in total. The Morgan fingerprint density at radius 2 is 2.05 bits per heavy atom. The van der Waals surface area contributed by atoms with Crippen LogP contribution in [0, 0.1) is 5.92 Å². The van der Waals surface area contributed by atoms with Gasteiger partial charge in [0.25, 0.3) is 0 Å². The fourth-order valence-electron chi connectivity index (χ4n) is 2.03. The van der Waals surface area contributed by atoms with Gasteiger partial charge in [-0.3, -0.25) is 4.79 Å². The van der Waals surface area contributed by atoms with Gasteiger partial charge in [-0.15, -0.1) is 0 Å². The summed E-state index contributed by atoms with van der Waals surface area (Å²) in [7, 11) is 0. The van der Waals surface area contributed by atoms with Crippen molar-refractivity contribution in [1.29, 1.82) is 0 Å². The lowest BCUT2D eigenvalue weighted by atomic mass is 9.94. The molecule has 0 atom stereocenters. The average molecular weight is 295 g/mol. The summed E-state index contributed by atoms with van der Waals surface area (Å²) in [6, 6.07) is 0. The Morgan fingerprint density at radius 1 is 1.42 bits per heavy atom. The minimum Gasteiger partial charge on any atom is -0.481 e. The molecule has 0 unspecified atom stereocenters. The van der Waals surface area contributed by atoms with E-state index in [0.717, 1.165) is 11.5 Å². The van der Waals surface area contributed by atoms with Crippen molar-refractivity contribution in [3.05, 3.63) is 5.82 Å². The van der Waals surface area contributed by atoms with Gasteiger partial charge in [0, 0.05) is 31.0 Å². The summed E-state index contributed by atoms with van der Waals surface area (Å²) in [4.78, 5) is 15.8. The van der Waals surface area contributed by atoms with Crippen LogP contribution in [0.15, 0.2) is 0 Å². The van der Waals surface area contributed by atoms with E-state index in [1.54, 1.807) is 4.90 Å². The minimum absolute atomic E-state index is 0.0868. The molecule has 9 heteroatoms. The summed E-state index contributed by atoms with van der Waals surface area (Å²) in [5.41, 5.74) is 0. The minimum atomic E-state index is -4.52. The molecule has 1 saturated heterocycles. The molecule has 1 aliphatic rings. The van der Waals surface area contributed by atoms with Gasteiger partial charge in [-0.25, -0.2) is 0 Å². The number of aliphatic carboxylic acids is 1. The van der Waals surface area contributed by atoms with Gasteiger partial charge in [0.1, 0.15) is 0 Å². The zero-order valence-corrected chi connectivity index (χ0v) is 10.7. The summed E-state index contributed by atoms with van der Waals surface area (Å²) in [5, 5.41) is 8.93. The molecule has 0 spiro atoms. The first-order chi connectivity index (χ1) is 8.86. The molecule has 0 aliphatic carbocycles. The molecular formula is C10H12F3N3O2S. The number of carboxylic acids is 1. The second-order valence-electron chi connectivity index (χ2n) is 4.43. The third-order valence-electron chi connectivity index (χ3n) is 3.02. The zero-order chi connectivity index (χ0) is 14.0. The molecule has 1 aliphatic heterocycles. The number of hydrogen-bond donors (Lipinski definition) is 1. The van der Waals surface area contributed by atoms with Crippen LogP contribution in [0.25, 0.3) is 0 Å². The van der Waals surface area contributed by atoms with Gasteiger partial charge < -0.3 is 10.0 Å². The maximum atomic E-state index is 12.4. The topological polar surface area (TPSA) is 66.3 Å². The Bertz CT molecular complexity index is 455. The summed E-state index contributed by atoms with van der Waals surface area (Å²) < 4.78 is 40.4. The number of aromatic nitrogens is 2. The van der Waals surface area contributed by atoms with Gasteiger partial charge in [-0.05, 0) is 18.8 Å². The highest BCUT2D eigenvalue weighted by atomic mass is 32.1. The Kier molecular flexibility index (Phi) is 3.93. The van der Waals surface area contributed by atoms with E-state index in [1.807, 2.05) is 0 Å². The Balaban J connectivity index is 1.94. The zero-order valence-electron chi connectivity index (χ0n) is 9.85. The van der Waals surface area contributed by atoms with Crippen LogP contribution in [0.1, 0.15) is 25.1 Å². The lowest BCUT2D eigenvalue weighted by Gasteiger charge is -2.30. The van der Waals surface area contributed by atoms with Gasteiger partial charge in [-0.2, -0.15) is 22.5 Å². The molecule has 1 fully saturated rings. The quantitative estimate of drug-likeness (QED) is 0.926. The lowest BCUT2D eigenvalue weighted by molar-refractivity contribution is -0.144. The third kappa shape index (κ3) is 3.55. The third-order valence-corrected chi connectivity index (χ3v) is 3.79. The first kappa shape index (κ1) is 14.0. The summed E-state index contributed by atoms with van der Waals surface area (Å²) in [5.74, 6) is -1.86. The molecule has 2 heterocycles. The second-order valence-corrected chi connectivity index (χ2v) is 5.16. The van der Waals surface area contributed by atoms with E-state index in [1.165, 1.54) is 0 Å². The van der Waals surface area contributed by atoms with Crippen molar-refractivity contribution in [3.63, 3.8) is 0 Å². The van der Waals surface area contributed by atoms with Crippen LogP contribution in [0.2, 0.25) is 0 Å². The van der Waals surface area contributed by atoms with Gasteiger partial charge >= 0.3 is 12.1 Å². The van der Waals surface area contributed by atoms with Gasteiger partial charge in [0.05, 0.1) is 0 Å². The molecule has 106 valence electrons. The van der Waals surface area contributed by atoms with Crippen LogP contribution >= 0.6 is 11.5 Å². The van der Waals surface area contributed by atoms with Crippen LogP contribution in [0.3, 0.4) is 0 Å². The second kappa shape index (κ2) is 5.32. The lowest BCUT2D eigenvalue weighted by Crippen LogP contribution is -2.34. The van der Waals surface area contributed by atoms with Gasteiger partial charge in [0.2, 0.25) is 11.0 Å². The fraction of sp³-hybridized carbons (Fsp3) is 0.700. The summed E-state index contributed by atoms with van der Waals surface area (Å²) in [6.07, 6.45) is -3.12. The number of halogens is 3. The predicted molar refractivity (Wildman–Crippen MR) is 62.1 cm³/mol. The monoisotopic (exact) mass is 295 g/mol. The van der Waals surface area contributed by atoms with E-state index < -0.39 is 18.0 Å². The molecule has 0 amide bonds. The molecule has 5 nitrogen and oxygen atoms in total. The highest BCUT2D eigenvalue weighted by Crippen LogP contribution is 2.32. The van der Waals surface area contributed by atoms with Crippen molar-refractivity contribution >= 4 is 22.6 Å². The number of nitrogens with zero attached hydrogens (tertiary/aromatic N) is 3. The number of rotatable bonds is 3. The van der Waals surface area contributed by atoms with Crippen molar-refractivity contribution < 1.29 is 23.1 Å². The van der Waals surface area contributed by atoms with Crippen molar-refractivity contribution in [2.75, 3.05) is 18.0 Å². The maximum Gasteiger partial charge on any atom is 0.452 e. The number of anilines is 1. The highest BCUT2D eigenvalue weighted by molar-refractivity contribution is 7.09. The number of alkyl halides is 3. The van der Waals surface area contributed by atoms with Gasteiger partial charge in [0.15, 0.2) is 0 Å². The van der Waals surface area contributed by atoms with E-state index in [2.05, 4.69) is 9.36 Å². The summed E-state index contributed by atoms with van der Waals surface area (Å²) in [6.45, 7) is 1.04.